The highest BCUT2D eigenvalue weighted by Gasteiger charge is 2.18. The van der Waals surface area contributed by atoms with E-state index in [0.29, 0.717) is 11.3 Å². The van der Waals surface area contributed by atoms with E-state index in [1.54, 1.807) is 6.07 Å². The SMILES string of the molecule is CCCCCc1ccc(-c2ccc(CCC3CCC(C)CC3)cc2F)nn1. The van der Waals surface area contributed by atoms with Crippen molar-refractivity contribution in [1.29, 1.82) is 0 Å². The molecule has 1 aromatic heterocycles. The second kappa shape index (κ2) is 9.96. The Morgan fingerprint density at radius 2 is 1.78 bits per heavy atom. The molecule has 1 heterocycles. The van der Waals surface area contributed by atoms with Gasteiger partial charge >= 0.3 is 0 Å². The zero-order valence-corrected chi connectivity index (χ0v) is 16.9. The van der Waals surface area contributed by atoms with Gasteiger partial charge in [-0.2, -0.15) is 10.2 Å². The summed E-state index contributed by atoms with van der Waals surface area (Å²) in [5.74, 6) is 1.52. The molecule has 1 aliphatic carbocycles. The van der Waals surface area contributed by atoms with Gasteiger partial charge in [0.15, 0.2) is 0 Å². The van der Waals surface area contributed by atoms with Crippen molar-refractivity contribution in [1.82, 2.24) is 10.2 Å². The van der Waals surface area contributed by atoms with Crippen LogP contribution in [0.1, 0.15) is 76.5 Å². The quantitative estimate of drug-likeness (QED) is 0.480. The molecule has 2 nitrogen and oxygen atoms in total. The van der Waals surface area contributed by atoms with E-state index in [-0.39, 0.29) is 5.82 Å². The Morgan fingerprint density at radius 1 is 0.963 bits per heavy atom. The maximum absolute atomic E-state index is 14.6. The molecule has 0 amide bonds. The minimum absolute atomic E-state index is 0.183. The Balaban J connectivity index is 1.57. The molecule has 0 unspecified atom stereocenters. The summed E-state index contributed by atoms with van der Waals surface area (Å²) in [4.78, 5) is 0. The molecule has 1 aromatic carbocycles. The molecule has 0 spiro atoms. The first-order valence-corrected chi connectivity index (χ1v) is 10.8. The maximum atomic E-state index is 14.6. The molecule has 3 heteroatoms. The molecule has 2 aromatic rings. The second-order valence-corrected chi connectivity index (χ2v) is 8.35. The van der Waals surface area contributed by atoms with Crippen LogP contribution in [-0.4, -0.2) is 10.2 Å². The number of hydrogen-bond donors (Lipinski definition) is 0. The van der Waals surface area contributed by atoms with Gasteiger partial charge in [0.2, 0.25) is 0 Å². The summed E-state index contributed by atoms with van der Waals surface area (Å²) in [5, 5.41) is 8.53. The van der Waals surface area contributed by atoms with Gasteiger partial charge in [-0.1, -0.05) is 58.4 Å². The third kappa shape index (κ3) is 5.85. The van der Waals surface area contributed by atoms with Gasteiger partial charge < -0.3 is 0 Å². The summed E-state index contributed by atoms with van der Waals surface area (Å²) in [6.07, 6.45) is 12.0. The predicted molar refractivity (Wildman–Crippen MR) is 110 cm³/mol. The minimum Gasteiger partial charge on any atom is -0.206 e. The Morgan fingerprint density at radius 3 is 2.44 bits per heavy atom. The molecule has 0 N–H and O–H groups in total. The molecule has 0 atom stereocenters. The summed E-state index contributed by atoms with van der Waals surface area (Å²) in [7, 11) is 0. The van der Waals surface area contributed by atoms with Crippen LogP contribution in [0, 0.1) is 17.7 Å². The number of hydrogen-bond acceptors (Lipinski definition) is 2. The van der Waals surface area contributed by atoms with Gasteiger partial charge in [-0.15, -0.1) is 0 Å². The number of aryl methyl sites for hydroxylation is 2. The van der Waals surface area contributed by atoms with E-state index in [2.05, 4.69) is 30.1 Å². The summed E-state index contributed by atoms with van der Waals surface area (Å²) in [6, 6.07) is 9.50. The molecule has 27 heavy (non-hydrogen) atoms. The summed E-state index contributed by atoms with van der Waals surface area (Å²) >= 11 is 0. The Labute approximate surface area is 163 Å². The van der Waals surface area contributed by atoms with Crippen LogP contribution in [0.2, 0.25) is 0 Å². The van der Waals surface area contributed by atoms with Gasteiger partial charge in [0.25, 0.3) is 0 Å². The van der Waals surface area contributed by atoms with Crippen molar-refractivity contribution in [2.24, 2.45) is 11.8 Å². The van der Waals surface area contributed by atoms with E-state index in [1.807, 2.05) is 18.2 Å². The summed E-state index contributed by atoms with van der Waals surface area (Å²) < 4.78 is 14.6. The van der Waals surface area contributed by atoms with Crippen LogP contribution in [0.4, 0.5) is 4.39 Å². The average molecular weight is 369 g/mol. The number of halogens is 1. The normalized spacial score (nSPS) is 20.0. The minimum atomic E-state index is -0.183. The van der Waals surface area contributed by atoms with Crippen molar-refractivity contribution in [3.8, 4) is 11.3 Å². The van der Waals surface area contributed by atoms with Crippen LogP contribution in [0.15, 0.2) is 30.3 Å². The van der Waals surface area contributed by atoms with E-state index in [0.717, 1.165) is 42.4 Å². The fraction of sp³-hybridized carbons (Fsp3) is 0.583. The van der Waals surface area contributed by atoms with Crippen molar-refractivity contribution in [2.75, 3.05) is 0 Å². The first-order valence-electron chi connectivity index (χ1n) is 10.8. The van der Waals surface area contributed by atoms with Crippen LogP contribution in [0.25, 0.3) is 11.3 Å². The number of aromatic nitrogens is 2. The van der Waals surface area contributed by atoms with E-state index in [9.17, 15) is 4.39 Å². The molecule has 0 radical (unpaired) electrons. The smallest absolute Gasteiger partial charge is 0.132 e. The standard InChI is InChI=1S/C24H33FN2/c1-3-4-5-6-21-14-16-24(27-26-21)22-15-13-20(17-23(22)25)12-11-19-9-7-18(2)8-10-19/h13-19H,3-12H2,1-2H3. The molecule has 0 bridgehead atoms. The first kappa shape index (κ1) is 20.0. The van der Waals surface area contributed by atoms with Gasteiger partial charge in [0, 0.05) is 5.56 Å². The fourth-order valence-corrected chi connectivity index (χ4v) is 4.10. The van der Waals surface area contributed by atoms with Gasteiger partial charge in [0.1, 0.15) is 5.82 Å². The summed E-state index contributed by atoms with van der Waals surface area (Å²) in [5.41, 5.74) is 3.27. The van der Waals surface area contributed by atoms with Crippen LogP contribution >= 0.6 is 0 Å². The van der Waals surface area contributed by atoms with E-state index in [1.165, 1.54) is 44.9 Å². The van der Waals surface area contributed by atoms with E-state index in [4.69, 9.17) is 0 Å². The Hall–Kier alpha value is -1.77. The van der Waals surface area contributed by atoms with Crippen LogP contribution in [0.5, 0.6) is 0 Å². The molecule has 146 valence electrons. The van der Waals surface area contributed by atoms with Crippen molar-refractivity contribution in [2.45, 2.75) is 78.1 Å². The topological polar surface area (TPSA) is 25.8 Å². The molecule has 0 aliphatic heterocycles. The third-order valence-electron chi connectivity index (χ3n) is 6.04. The van der Waals surface area contributed by atoms with Gasteiger partial charge in [-0.3, -0.25) is 0 Å². The van der Waals surface area contributed by atoms with Gasteiger partial charge in [-0.05, 0) is 67.3 Å². The number of rotatable bonds is 8. The molecular formula is C24H33FN2. The highest BCUT2D eigenvalue weighted by atomic mass is 19.1. The van der Waals surface area contributed by atoms with Gasteiger partial charge in [0.05, 0.1) is 11.4 Å². The third-order valence-corrected chi connectivity index (χ3v) is 6.04. The fourth-order valence-electron chi connectivity index (χ4n) is 4.10. The average Bonchev–Trinajstić information content (AvgIpc) is 2.69. The Bertz CT molecular complexity index is 703. The largest absolute Gasteiger partial charge is 0.206 e. The summed E-state index contributed by atoms with van der Waals surface area (Å²) in [6.45, 7) is 4.54. The lowest BCUT2D eigenvalue weighted by molar-refractivity contribution is 0.277. The van der Waals surface area contributed by atoms with Crippen LogP contribution in [0.3, 0.4) is 0 Å². The maximum Gasteiger partial charge on any atom is 0.132 e. The molecule has 1 fully saturated rings. The van der Waals surface area contributed by atoms with Crippen molar-refractivity contribution >= 4 is 0 Å². The molecule has 1 saturated carbocycles. The predicted octanol–water partition coefficient (Wildman–Crippen LogP) is 6.77. The number of benzene rings is 1. The number of nitrogens with zero attached hydrogens (tertiary/aromatic N) is 2. The highest BCUT2D eigenvalue weighted by Crippen LogP contribution is 2.31. The monoisotopic (exact) mass is 368 g/mol. The van der Waals surface area contributed by atoms with E-state index < -0.39 is 0 Å². The molecular weight excluding hydrogens is 335 g/mol. The van der Waals surface area contributed by atoms with Crippen LogP contribution in [-0.2, 0) is 12.8 Å². The zero-order valence-electron chi connectivity index (χ0n) is 16.9. The lowest BCUT2D eigenvalue weighted by atomic mass is 9.80. The number of unbranched alkanes of at least 4 members (excludes halogenated alkanes) is 2. The Kier molecular flexibility index (Phi) is 7.37. The van der Waals surface area contributed by atoms with Crippen LogP contribution < -0.4 is 0 Å². The lowest BCUT2D eigenvalue weighted by Gasteiger charge is -2.26. The molecule has 3 rings (SSSR count). The second-order valence-electron chi connectivity index (χ2n) is 8.35. The molecule has 1 aliphatic rings. The van der Waals surface area contributed by atoms with Crippen molar-refractivity contribution < 1.29 is 4.39 Å². The van der Waals surface area contributed by atoms with Crippen molar-refractivity contribution in [3.63, 3.8) is 0 Å². The first-order chi connectivity index (χ1) is 13.2. The van der Waals surface area contributed by atoms with Gasteiger partial charge in [-0.25, -0.2) is 4.39 Å². The zero-order chi connectivity index (χ0) is 19.1. The highest BCUT2D eigenvalue weighted by molar-refractivity contribution is 5.59. The van der Waals surface area contributed by atoms with Crippen molar-refractivity contribution in [3.05, 3.63) is 47.4 Å². The lowest BCUT2D eigenvalue weighted by Crippen LogP contribution is -2.12. The van der Waals surface area contributed by atoms with E-state index >= 15 is 0 Å². The molecule has 0 saturated heterocycles.